The van der Waals surface area contributed by atoms with Crippen LogP contribution in [0.15, 0.2) is 61.1 Å². The SMILES string of the molecule is Cc1c(Cl)c2c(Cl)c(C)c1-c1c(-c3ccc(F)cc3)sc3ncnc(c13)O[C@@H](C(=O)O)Cc1cc(ccc1OCc1ccnc(C3CN(C)CCO3)n1)OC[C@@H](CN1CCN(C)CC1)O2. The van der Waals surface area contributed by atoms with E-state index in [1.807, 2.05) is 20.9 Å². The van der Waals surface area contributed by atoms with Crippen LogP contribution in [0.3, 0.4) is 0 Å². The van der Waals surface area contributed by atoms with Crippen molar-refractivity contribution in [3.63, 3.8) is 0 Å². The zero-order valence-electron chi connectivity index (χ0n) is 36.4. The van der Waals surface area contributed by atoms with Crippen molar-refractivity contribution >= 4 is 50.7 Å². The summed E-state index contributed by atoms with van der Waals surface area (Å²) in [6, 6.07) is 13.2. The summed E-state index contributed by atoms with van der Waals surface area (Å²) in [5, 5.41) is 11.9. The first kappa shape index (κ1) is 45.0. The Morgan fingerprint density at radius 3 is 2.45 bits per heavy atom. The number of halogens is 3. The third-order valence-corrected chi connectivity index (χ3v) is 14.1. The lowest BCUT2D eigenvalue weighted by atomic mass is 9.92. The second-order valence-corrected chi connectivity index (χ2v) is 18.4. The van der Waals surface area contributed by atoms with E-state index >= 15 is 0 Å². The van der Waals surface area contributed by atoms with Gasteiger partial charge in [-0.2, -0.15) is 0 Å². The van der Waals surface area contributed by atoms with Crippen molar-refractivity contribution in [2.24, 2.45) is 0 Å². The molecule has 1 N–H and O–H groups in total. The van der Waals surface area contributed by atoms with Crippen molar-refractivity contribution in [3.8, 4) is 44.7 Å². The highest BCUT2D eigenvalue weighted by atomic mass is 35.5. The van der Waals surface area contributed by atoms with Crippen LogP contribution in [-0.2, 0) is 22.6 Å². The Hall–Kier alpha value is -5.20. The molecular weight excluding hydrogens is 897 g/mol. The lowest BCUT2D eigenvalue weighted by molar-refractivity contribution is -0.145. The molecule has 65 heavy (non-hydrogen) atoms. The molecule has 0 spiro atoms. The molecule has 1 unspecified atom stereocenters. The predicted molar refractivity (Wildman–Crippen MR) is 246 cm³/mol. The fourth-order valence-corrected chi connectivity index (χ4v) is 10.1. The van der Waals surface area contributed by atoms with Crippen LogP contribution in [0.25, 0.3) is 31.8 Å². The molecule has 18 heteroatoms. The lowest BCUT2D eigenvalue weighted by Crippen LogP contribution is -2.49. The minimum absolute atomic E-state index is 0.0314. The van der Waals surface area contributed by atoms with Gasteiger partial charge in [0.25, 0.3) is 0 Å². The van der Waals surface area contributed by atoms with Gasteiger partial charge in [0.2, 0.25) is 12.0 Å². The Morgan fingerprint density at radius 2 is 1.71 bits per heavy atom. The fourth-order valence-electron chi connectivity index (χ4n) is 8.45. The Labute approximate surface area is 389 Å². The first-order chi connectivity index (χ1) is 31.4. The molecule has 2 saturated heterocycles. The number of likely N-dealkylation sites (N-methyl/N-ethyl adjacent to an activating group) is 2. The van der Waals surface area contributed by atoms with Gasteiger partial charge in [-0.05, 0) is 86.6 Å². The van der Waals surface area contributed by atoms with E-state index in [2.05, 4.69) is 36.7 Å². The van der Waals surface area contributed by atoms with Crippen LogP contribution in [0.2, 0.25) is 10.0 Å². The smallest absolute Gasteiger partial charge is 0.345 e. The molecule has 0 aliphatic carbocycles. The molecule has 14 nitrogen and oxygen atoms in total. The molecule has 3 atom stereocenters. The van der Waals surface area contributed by atoms with Crippen molar-refractivity contribution < 1.29 is 38.0 Å². The Bertz CT molecular complexity index is 2690. The van der Waals surface area contributed by atoms with Crippen LogP contribution in [0.5, 0.6) is 23.1 Å². The molecule has 4 aliphatic rings. The summed E-state index contributed by atoms with van der Waals surface area (Å²) >= 11 is 16.0. The maximum Gasteiger partial charge on any atom is 0.345 e. The second-order valence-electron chi connectivity index (χ2n) is 16.6. The van der Waals surface area contributed by atoms with E-state index in [0.29, 0.717) is 107 Å². The zero-order chi connectivity index (χ0) is 45.4. The van der Waals surface area contributed by atoms with Gasteiger partial charge in [0.1, 0.15) is 53.9 Å². The van der Waals surface area contributed by atoms with E-state index < -0.39 is 24.0 Å². The van der Waals surface area contributed by atoms with Gasteiger partial charge >= 0.3 is 5.97 Å². The zero-order valence-corrected chi connectivity index (χ0v) is 38.7. The molecule has 10 rings (SSSR count). The van der Waals surface area contributed by atoms with E-state index in [0.717, 1.165) is 32.7 Å². The minimum Gasteiger partial charge on any atom is -0.490 e. The van der Waals surface area contributed by atoms with Gasteiger partial charge in [0, 0.05) is 74.4 Å². The highest BCUT2D eigenvalue weighted by Gasteiger charge is 2.32. The van der Waals surface area contributed by atoms with Gasteiger partial charge in [-0.25, -0.2) is 29.1 Å². The number of aliphatic carboxylic acids is 1. The van der Waals surface area contributed by atoms with E-state index in [1.165, 1.54) is 29.8 Å². The summed E-state index contributed by atoms with van der Waals surface area (Å²) in [4.78, 5) is 39.7. The largest absolute Gasteiger partial charge is 0.490 e. The Balaban J connectivity index is 1.16. The number of piperazine rings is 1. The molecule has 6 aromatic rings. The van der Waals surface area contributed by atoms with Crippen LogP contribution in [0, 0.1) is 19.7 Å². The number of rotatable bonds is 8. The number of thiophene rings is 1. The van der Waals surface area contributed by atoms with Gasteiger partial charge in [-0.1, -0.05) is 35.3 Å². The topological polar surface area (TPSA) is 145 Å². The number of aromatic nitrogens is 4. The molecular formula is C47H48Cl2FN7O7S. The normalized spacial score (nSPS) is 19.9. The van der Waals surface area contributed by atoms with Gasteiger partial charge < -0.3 is 38.6 Å². The molecule has 4 bridgehead atoms. The Kier molecular flexibility index (Phi) is 13.4. The number of ether oxygens (including phenoxy) is 5. The number of fused-ring (bicyclic) bond motifs is 7. The minimum atomic E-state index is -1.46. The first-order valence-electron chi connectivity index (χ1n) is 21.4. The van der Waals surface area contributed by atoms with Crippen molar-refractivity contribution in [2.45, 2.75) is 45.2 Å². The highest BCUT2D eigenvalue weighted by Crippen LogP contribution is 2.53. The summed E-state index contributed by atoms with van der Waals surface area (Å²) in [6.07, 6.45) is 0.618. The average molecular weight is 945 g/mol. The quantitative estimate of drug-likeness (QED) is 0.158. The van der Waals surface area contributed by atoms with Crippen LogP contribution in [0.4, 0.5) is 4.39 Å². The van der Waals surface area contributed by atoms with Gasteiger partial charge in [-0.3, -0.25) is 4.90 Å². The summed E-state index contributed by atoms with van der Waals surface area (Å²) < 4.78 is 46.6. The monoisotopic (exact) mass is 943 g/mol. The standard InChI is InChI=1S/C47H48Cl2FN7O7S/c1-26-37-27(2)41(49)42(40(26)48)63-33(21-57-15-13-55(3)14-16-57)24-61-32-9-10-34(62-23-31-11-12-51-44(54-31)36-22-56(4)17-18-60-36)29(19-32)20-35(47(58)59)64-45-39-38(37)43(65-46(39)53-25-52-45)28-5-7-30(50)8-6-28/h5-12,19,25,33,35-36H,13-18,20-24H2,1-4H3,(H,58,59)/t33-,35-,36?/m1/s1. The van der Waals surface area contributed by atoms with E-state index in [-0.39, 0.29) is 31.6 Å². The fraction of sp³-hybridized carbons (Fsp3) is 0.383. The van der Waals surface area contributed by atoms with Crippen molar-refractivity contribution in [1.29, 1.82) is 0 Å². The molecule has 340 valence electrons. The number of nitrogens with zero attached hydrogens (tertiary/aromatic N) is 7. The summed E-state index contributed by atoms with van der Waals surface area (Å²) in [7, 11) is 4.14. The third kappa shape index (κ3) is 9.71. The van der Waals surface area contributed by atoms with Crippen LogP contribution < -0.4 is 18.9 Å². The van der Waals surface area contributed by atoms with E-state index in [9.17, 15) is 14.3 Å². The molecule has 7 heterocycles. The number of hydrogen-bond donors (Lipinski definition) is 1. The number of benzene rings is 3. The average Bonchev–Trinajstić information content (AvgIpc) is 3.69. The number of carboxylic acid groups (broad SMARTS) is 1. The molecule has 0 amide bonds. The predicted octanol–water partition coefficient (Wildman–Crippen LogP) is 7.92. The van der Waals surface area contributed by atoms with Crippen LogP contribution in [0.1, 0.15) is 34.3 Å². The number of carbonyl (C=O) groups is 1. The maximum absolute atomic E-state index is 14.4. The number of hydrogen-bond acceptors (Lipinski definition) is 14. The van der Waals surface area contributed by atoms with Crippen molar-refractivity contribution in [3.05, 3.63) is 105 Å². The number of carboxylic acids is 1. The van der Waals surface area contributed by atoms with E-state index in [1.54, 1.807) is 42.6 Å². The molecule has 0 saturated carbocycles. The van der Waals surface area contributed by atoms with Crippen LogP contribution >= 0.6 is 34.5 Å². The first-order valence-corrected chi connectivity index (χ1v) is 23.0. The van der Waals surface area contributed by atoms with E-state index in [4.69, 9.17) is 51.9 Å². The maximum atomic E-state index is 14.4. The highest BCUT2D eigenvalue weighted by molar-refractivity contribution is 7.22. The summed E-state index contributed by atoms with van der Waals surface area (Å²) in [6.45, 7) is 10.0. The molecule has 3 aromatic heterocycles. The molecule has 0 radical (unpaired) electrons. The van der Waals surface area contributed by atoms with Crippen molar-refractivity contribution in [1.82, 2.24) is 34.6 Å². The lowest BCUT2D eigenvalue weighted by Gasteiger charge is -2.35. The summed E-state index contributed by atoms with van der Waals surface area (Å²) in [5.41, 5.74) is 4.42. The van der Waals surface area contributed by atoms with Gasteiger partial charge in [0.05, 0.1) is 27.7 Å². The van der Waals surface area contributed by atoms with Crippen molar-refractivity contribution in [2.75, 3.05) is 73.1 Å². The molecule has 2 fully saturated rings. The summed E-state index contributed by atoms with van der Waals surface area (Å²) in [5.74, 6) is 0.159. The van der Waals surface area contributed by atoms with Gasteiger partial charge in [0.15, 0.2) is 11.6 Å². The molecule has 4 aliphatic heterocycles. The molecule has 3 aromatic carbocycles. The van der Waals surface area contributed by atoms with Crippen LogP contribution in [-0.4, -0.2) is 131 Å². The second kappa shape index (κ2) is 19.3. The Morgan fingerprint density at radius 1 is 0.938 bits per heavy atom. The number of morpholine rings is 1. The third-order valence-electron chi connectivity index (χ3n) is 12.0. The van der Waals surface area contributed by atoms with Gasteiger partial charge in [-0.15, -0.1) is 11.3 Å².